The molecular formula is C19H15N3O5. The van der Waals surface area contributed by atoms with Gasteiger partial charge in [0, 0.05) is 30.5 Å². The van der Waals surface area contributed by atoms with Gasteiger partial charge in [0.1, 0.15) is 12.3 Å². The van der Waals surface area contributed by atoms with E-state index in [4.69, 9.17) is 4.74 Å². The summed E-state index contributed by atoms with van der Waals surface area (Å²) in [5.41, 5.74) is 1.84. The number of fused-ring (bicyclic) bond motifs is 1. The van der Waals surface area contributed by atoms with Crippen LogP contribution in [0.4, 0.5) is 5.69 Å². The normalized spacial score (nSPS) is 11.0. The summed E-state index contributed by atoms with van der Waals surface area (Å²) < 4.78 is 6.52. The maximum atomic E-state index is 12.1. The molecule has 27 heavy (non-hydrogen) atoms. The number of nitrogens with zero attached hydrogens (tertiary/aromatic N) is 3. The molecule has 0 atom stereocenters. The summed E-state index contributed by atoms with van der Waals surface area (Å²) in [6.07, 6.45) is 4.20. The van der Waals surface area contributed by atoms with Crippen molar-refractivity contribution < 1.29 is 14.5 Å². The average Bonchev–Trinajstić information content (AvgIpc) is 2.66. The van der Waals surface area contributed by atoms with E-state index in [0.29, 0.717) is 16.9 Å². The van der Waals surface area contributed by atoms with Gasteiger partial charge in [-0.3, -0.25) is 19.3 Å². The molecule has 0 aliphatic heterocycles. The predicted octanol–water partition coefficient (Wildman–Crippen LogP) is 2.67. The number of aromatic nitrogens is 2. The Balaban J connectivity index is 1.70. The molecule has 0 fully saturated rings. The van der Waals surface area contributed by atoms with Gasteiger partial charge < -0.3 is 4.74 Å². The van der Waals surface area contributed by atoms with Crippen LogP contribution in [0, 0.1) is 17.0 Å². The van der Waals surface area contributed by atoms with Gasteiger partial charge in [0.2, 0.25) is 0 Å². The van der Waals surface area contributed by atoms with Gasteiger partial charge in [-0.15, -0.1) is 0 Å². The van der Waals surface area contributed by atoms with Crippen molar-refractivity contribution >= 4 is 23.4 Å². The summed E-state index contributed by atoms with van der Waals surface area (Å²) in [7, 11) is 0. The van der Waals surface area contributed by atoms with Crippen LogP contribution in [0.1, 0.15) is 16.8 Å². The maximum Gasteiger partial charge on any atom is 0.331 e. The molecule has 0 unspecified atom stereocenters. The molecule has 0 spiro atoms. The van der Waals surface area contributed by atoms with Gasteiger partial charge in [0.25, 0.3) is 11.2 Å². The van der Waals surface area contributed by atoms with Crippen LogP contribution in [0.15, 0.2) is 59.5 Å². The lowest BCUT2D eigenvalue weighted by atomic mass is 10.2. The number of nitro benzene ring substituents is 1. The number of carbonyl (C=O) groups excluding carboxylic acids is 1. The third kappa shape index (κ3) is 4.24. The summed E-state index contributed by atoms with van der Waals surface area (Å²) in [6.45, 7) is 1.68. The first kappa shape index (κ1) is 18.0. The molecule has 0 saturated carbocycles. The molecule has 2 aromatic heterocycles. The first-order valence-corrected chi connectivity index (χ1v) is 8.01. The molecule has 3 aromatic rings. The molecule has 0 aliphatic rings. The zero-order valence-corrected chi connectivity index (χ0v) is 14.4. The smallest absolute Gasteiger partial charge is 0.331 e. The van der Waals surface area contributed by atoms with Crippen LogP contribution in [0.25, 0.3) is 11.7 Å². The van der Waals surface area contributed by atoms with Crippen LogP contribution < -0.4 is 5.56 Å². The summed E-state index contributed by atoms with van der Waals surface area (Å²) >= 11 is 0. The number of nitro groups is 1. The molecule has 0 saturated heterocycles. The third-order valence-corrected chi connectivity index (χ3v) is 3.79. The Bertz CT molecular complexity index is 1120. The van der Waals surface area contributed by atoms with E-state index in [1.807, 2.05) is 13.0 Å². The van der Waals surface area contributed by atoms with Crippen molar-refractivity contribution in [2.24, 2.45) is 0 Å². The Labute approximate surface area is 153 Å². The van der Waals surface area contributed by atoms with Gasteiger partial charge in [-0.25, -0.2) is 9.78 Å². The fraction of sp³-hybridized carbons (Fsp3) is 0.105. The van der Waals surface area contributed by atoms with Crippen LogP contribution in [0.3, 0.4) is 0 Å². The molecule has 8 nitrogen and oxygen atoms in total. The van der Waals surface area contributed by atoms with E-state index >= 15 is 0 Å². The van der Waals surface area contributed by atoms with Crippen molar-refractivity contribution in [1.82, 2.24) is 9.38 Å². The Hall–Kier alpha value is -3.81. The van der Waals surface area contributed by atoms with Gasteiger partial charge in [0.15, 0.2) is 0 Å². The van der Waals surface area contributed by atoms with E-state index in [9.17, 15) is 19.7 Å². The lowest BCUT2D eigenvalue weighted by molar-refractivity contribution is -0.384. The number of esters is 1. The van der Waals surface area contributed by atoms with Crippen LogP contribution in [-0.4, -0.2) is 20.3 Å². The van der Waals surface area contributed by atoms with Crippen LogP contribution in [-0.2, 0) is 16.1 Å². The molecule has 0 amide bonds. The fourth-order valence-electron chi connectivity index (χ4n) is 2.48. The molecule has 0 aliphatic carbocycles. The van der Waals surface area contributed by atoms with Crippen LogP contribution >= 0.6 is 0 Å². The van der Waals surface area contributed by atoms with E-state index in [0.717, 1.165) is 11.6 Å². The molecule has 0 radical (unpaired) electrons. The van der Waals surface area contributed by atoms with Crippen molar-refractivity contribution in [1.29, 1.82) is 0 Å². The summed E-state index contributed by atoms with van der Waals surface area (Å²) in [5.74, 6) is -0.645. The fourth-order valence-corrected chi connectivity index (χ4v) is 2.48. The molecule has 8 heteroatoms. The second-order valence-electron chi connectivity index (χ2n) is 5.76. The number of pyridine rings is 1. The standard InChI is InChI=1S/C19H15N3O5/c1-13-4-3-9-21-17(23)11-15(20-19(13)21)12-27-18(24)8-7-14-5-2-6-16(10-14)22(25)26/h2-11H,12H2,1H3/b8-7+. The number of aryl methyl sites for hydroxylation is 1. The van der Waals surface area contributed by atoms with Crippen molar-refractivity contribution in [3.05, 3.63) is 92.0 Å². The highest BCUT2D eigenvalue weighted by Crippen LogP contribution is 2.14. The Morgan fingerprint density at radius 3 is 2.89 bits per heavy atom. The van der Waals surface area contributed by atoms with Crippen molar-refractivity contribution in [2.45, 2.75) is 13.5 Å². The number of carbonyl (C=O) groups is 1. The first-order valence-electron chi connectivity index (χ1n) is 8.01. The number of hydrogen-bond donors (Lipinski definition) is 0. The second-order valence-corrected chi connectivity index (χ2v) is 5.76. The van der Waals surface area contributed by atoms with E-state index < -0.39 is 10.9 Å². The minimum Gasteiger partial charge on any atom is -0.456 e. The second kappa shape index (κ2) is 7.61. The monoisotopic (exact) mass is 365 g/mol. The number of benzene rings is 1. The average molecular weight is 365 g/mol. The number of non-ortho nitro benzene ring substituents is 1. The van der Waals surface area contributed by atoms with E-state index in [-0.39, 0.29) is 17.9 Å². The minimum absolute atomic E-state index is 0.0678. The molecule has 0 N–H and O–H groups in total. The lowest BCUT2D eigenvalue weighted by Crippen LogP contribution is -2.17. The van der Waals surface area contributed by atoms with Crippen LogP contribution in [0.2, 0.25) is 0 Å². The molecule has 2 heterocycles. The largest absolute Gasteiger partial charge is 0.456 e. The van der Waals surface area contributed by atoms with Gasteiger partial charge in [-0.2, -0.15) is 0 Å². The van der Waals surface area contributed by atoms with Crippen molar-refractivity contribution in [3.8, 4) is 0 Å². The van der Waals surface area contributed by atoms with Gasteiger partial charge >= 0.3 is 5.97 Å². The SMILES string of the molecule is Cc1cccn2c(=O)cc(COC(=O)/C=C/c3cccc([N+](=O)[O-])c3)nc12. The van der Waals surface area contributed by atoms with Gasteiger partial charge in [-0.05, 0) is 30.2 Å². The maximum absolute atomic E-state index is 12.1. The first-order chi connectivity index (χ1) is 12.9. The highest BCUT2D eigenvalue weighted by Gasteiger charge is 2.07. The highest BCUT2D eigenvalue weighted by atomic mass is 16.6. The molecule has 3 rings (SSSR count). The van der Waals surface area contributed by atoms with E-state index in [2.05, 4.69) is 4.98 Å². The zero-order chi connectivity index (χ0) is 19.4. The van der Waals surface area contributed by atoms with Crippen molar-refractivity contribution in [3.63, 3.8) is 0 Å². The van der Waals surface area contributed by atoms with Crippen LogP contribution in [0.5, 0.6) is 0 Å². The molecule has 1 aromatic carbocycles. The third-order valence-electron chi connectivity index (χ3n) is 3.79. The molecular weight excluding hydrogens is 350 g/mol. The lowest BCUT2D eigenvalue weighted by Gasteiger charge is -2.06. The predicted molar refractivity (Wildman–Crippen MR) is 98.1 cm³/mol. The zero-order valence-electron chi connectivity index (χ0n) is 14.4. The Morgan fingerprint density at radius 1 is 1.30 bits per heavy atom. The molecule has 136 valence electrons. The number of ether oxygens (including phenoxy) is 1. The van der Waals surface area contributed by atoms with Gasteiger partial charge in [0.05, 0.1) is 10.6 Å². The van der Waals surface area contributed by atoms with Gasteiger partial charge in [-0.1, -0.05) is 18.2 Å². The summed E-state index contributed by atoms with van der Waals surface area (Å²) in [6, 6.07) is 10.8. The van der Waals surface area contributed by atoms with E-state index in [1.54, 1.807) is 18.3 Å². The highest BCUT2D eigenvalue weighted by molar-refractivity contribution is 5.87. The molecule has 0 bridgehead atoms. The quantitative estimate of drug-likeness (QED) is 0.298. The number of hydrogen-bond acceptors (Lipinski definition) is 6. The summed E-state index contributed by atoms with van der Waals surface area (Å²) in [4.78, 5) is 38.6. The minimum atomic E-state index is -0.645. The number of rotatable bonds is 5. The Morgan fingerprint density at radius 2 is 2.11 bits per heavy atom. The summed E-state index contributed by atoms with van der Waals surface area (Å²) in [5, 5.41) is 10.8. The Kier molecular flexibility index (Phi) is 5.07. The van der Waals surface area contributed by atoms with Crippen molar-refractivity contribution in [2.75, 3.05) is 0 Å². The topological polar surface area (TPSA) is 104 Å². The van der Waals surface area contributed by atoms with E-state index in [1.165, 1.54) is 34.7 Å².